The number of nitrogens with one attached hydrogen (secondary N) is 1. The Kier molecular flexibility index (Phi) is 5.55. The van der Waals surface area contributed by atoms with Crippen molar-refractivity contribution in [1.82, 2.24) is 10.2 Å². The number of hydrogen-bond acceptors (Lipinski definition) is 4. The highest BCUT2D eigenvalue weighted by Gasteiger charge is 2.27. The van der Waals surface area contributed by atoms with Crippen LogP contribution in [0, 0.1) is 0 Å². The zero-order valence-corrected chi connectivity index (χ0v) is 10.4. The van der Waals surface area contributed by atoms with Gasteiger partial charge in [0.25, 0.3) is 0 Å². The maximum atomic E-state index is 11.3. The minimum absolute atomic E-state index is 0.234. The second-order valence-electron chi connectivity index (χ2n) is 4.13. The van der Waals surface area contributed by atoms with Gasteiger partial charge in [-0.3, -0.25) is 0 Å². The molecular weight excluding hydrogens is 208 g/mol. The van der Waals surface area contributed by atoms with E-state index >= 15 is 0 Å². The third-order valence-corrected chi connectivity index (χ3v) is 2.71. The first-order chi connectivity index (χ1) is 7.67. The molecule has 0 spiro atoms. The van der Waals surface area contributed by atoms with Crippen molar-refractivity contribution in [2.45, 2.75) is 32.4 Å². The molecule has 1 aliphatic rings. The highest BCUT2D eigenvalue weighted by atomic mass is 16.5. The normalized spacial score (nSPS) is 22.2. The standard InChI is InChI=1S/C11H22N2O3/c1-4-16-8-9(2)12-10-5-6-13(7-10)11(14)15-3/h9-10,12H,4-8H2,1-3H3. The number of amides is 1. The van der Waals surface area contributed by atoms with Gasteiger partial charge in [-0.25, -0.2) is 4.79 Å². The molecule has 0 radical (unpaired) electrons. The Bertz CT molecular complexity index is 223. The lowest BCUT2D eigenvalue weighted by Gasteiger charge is -2.19. The molecule has 16 heavy (non-hydrogen) atoms. The SMILES string of the molecule is CCOCC(C)NC1CCN(C(=O)OC)C1. The number of nitrogens with zero attached hydrogens (tertiary/aromatic N) is 1. The van der Waals surface area contributed by atoms with Crippen molar-refractivity contribution < 1.29 is 14.3 Å². The van der Waals surface area contributed by atoms with Gasteiger partial charge in [0.1, 0.15) is 0 Å². The van der Waals surface area contributed by atoms with Crippen LogP contribution in [0.4, 0.5) is 4.79 Å². The Balaban J connectivity index is 2.23. The Morgan fingerprint density at radius 2 is 2.38 bits per heavy atom. The van der Waals surface area contributed by atoms with Gasteiger partial charge in [0.05, 0.1) is 13.7 Å². The molecule has 1 heterocycles. The maximum Gasteiger partial charge on any atom is 0.409 e. The smallest absolute Gasteiger partial charge is 0.409 e. The number of hydrogen-bond donors (Lipinski definition) is 1. The molecule has 2 unspecified atom stereocenters. The topological polar surface area (TPSA) is 50.8 Å². The second kappa shape index (κ2) is 6.70. The molecule has 0 aromatic rings. The van der Waals surface area contributed by atoms with Crippen LogP contribution in [0.15, 0.2) is 0 Å². The van der Waals surface area contributed by atoms with Gasteiger partial charge in [-0.2, -0.15) is 0 Å². The van der Waals surface area contributed by atoms with E-state index in [1.807, 2.05) is 6.92 Å². The average molecular weight is 230 g/mol. The summed E-state index contributed by atoms with van der Waals surface area (Å²) in [6, 6.07) is 0.678. The summed E-state index contributed by atoms with van der Waals surface area (Å²) in [6.07, 6.45) is 0.743. The fourth-order valence-corrected chi connectivity index (χ4v) is 1.94. The Hall–Kier alpha value is -0.810. The second-order valence-corrected chi connectivity index (χ2v) is 4.13. The molecule has 0 bridgehead atoms. The van der Waals surface area contributed by atoms with Crippen molar-refractivity contribution in [2.24, 2.45) is 0 Å². The number of ether oxygens (including phenoxy) is 2. The average Bonchev–Trinajstić information content (AvgIpc) is 2.73. The van der Waals surface area contributed by atoms with Crippen LogP contribution in [0.1, 0.15) is 20.3 Å². The number of likely N-dealkylation sites (tertiary alicyclic amines) is 1. The minimum Gasteiger partial charge on any atom is -0.453 e. The molecule has 1 saturated heterocycles. The fourth-order valence-electron chi connectivity index (χ4n) is 1.94. The lowest BCUT2D eigenvalue weighted by Crippen LogP contribution is -2.41. The molecule has 5 nitrogen and oxygen atoms in total. The van der Waals surface area contributed by atoms with E-state index in [0.29, 0.717) is 18.7 Å². The quantitative estimate of drug-likeness (QED) is 0.760. The summed E-state index contributed by atoms with van der Waals surface area (Å²) in [4.78, 5) is 13.0. The van der Waals surface area contributed by atoms with Crippen molar-refractivity contribution in [3.05, 3.63) is 0 Å². The van der Waals surface area contributed by atoms with E-state index in [-0.39, 0.29) is 6.09 Å². The van der Waals surface area contributed by atoms with E-state index in [1.165, 1.54) is 7.11 Å². The van der Waals surface area contributed by atoms with Crippen LogP contribution in [-0.4, -0.2) is 56.5 Å². The van der Waals surface area contributed by atoms with Crippen molar-refractivity contribution in [3.63, 3.8) is 0 Å². The van der Waals surface area contributed by atoms with E-state index in [1.54, 1.807) is 4.90 Å². The molecule has 0 aromatic heterocycles. The zero-order chi connectivity index (χ0) is 12.0. The highest BCUT2D eigenvalue weighted by Crippen LogP contribution is 2.10. The first-order valence-electron chi connectivity index (χ1n) is 5.84. The lowest BCUT2D eigenvalue weighted by atomic mass is 10.2. The van der Waals surface area contributed by atoms with Crippen LogP contribution < -0.4 is 5.32 Å². The third-order valence-electron chi connectivity index (χ3n) is 2.71. The van der Waals surface area contributed by atoms with Crippen molar-refractivity contribution >= 4 is 6.09 Å². The molecule has 0 aromatic carbocycles. The number of rotatable bonds is 5. The zero-order valence-electron chi connectivity index (χ0n) is 10.4. The molecule has 5 heteroatoms. The monoisotopic (exact) mass is 230 g/mol. The van der Waals surface area contributed by atoms with Gasteiger partial charge in [-0.1, -0.05) is 0 Å². The van der Waals surface area contributed by atoms with E-state index in [0.717, 1.165) is 26.1 Å². The van der Waals surface area contributed by atoms with Crippen LogP contribution in [0.25, 0.3) is 0 Å². The summed E-state index contributed by atoms with van der Waals surface area (Å²) in [6.45, 7) is 7.03. The largest absolute Gasteiger partial charge is 0.453 e. The summed E-state index contributed by atoms with van der Waals surface area (Å²) in [5.41, 5.74) is 0. The van der Waals surface area contributed by atoms with Gasteiger partial charge in [0.15, 0.2) is 0 Å². The molecule has 1 fully saturated rings. The van der Waals surface area contributed by atoms with Crippen LogP contribution in [0.3, 0.4) is 0 Å². The molecule has 1 N–H and O–H groups in total. The molecule has 1 aliphatic heterocycles. The summed E-state index contributed by atoms with van der Waals surface area (Å²) < 4.78 is 10.0. The van der Waals surface area contributed by atoms with Gasteiger partial charge in [-0.15, -0.1) is 0 Å². The third kappa shape index (κ3) is 3.98. The molecular formula is C11H22N2O3. The number of carbonyl (C=O) groups excluding carboxylic acids is 1. The first-order valence-corrected chi connectivity index (χ1v) is 5.84. The fraction of sp³-hybridized carbons (Fsp3) is 0.909. The Morgan fingerprint density at radius 3 is 3.00 bits per heavy atom. The van der Waals surface area contributed by atoms with Gasteiger partial charge in [0, 0.05) is 31.8 Å². The number of carbonyl (C=O) groups is 1. The Morgan fingerprint density at radius 1 is 1.62 bits per heavy atom. The van der Waals surface area contributed by atoms with Crippen LogP contribution >= 0.6 is 0 Å². The molecule has 0 aliphatic carbocycles. The van der Waals surface area contributed by atoms with Gasteiger partial charge in [-0.05, 0) is 20.3 Å². The molecule has 2 atom stereocenters. The summed E-state index contributed by atoms with van der Waals surface area (Å²) in [5, 5.41) is 3.45. The maximum absolute atomic E-state index is 11.3. The molecule has 1 rings (SSSR count). The minimum atomic E-state index is -0.234. The summed E-state index contributed by atoms with van der Waals surface area (Å²) in [5.74, 6) is 0. The van der Waals surface area contributed by atoms with Crippen LogP contribution in [0.2, 0.25) is 0 Å². The lowest BCUT2D eigenvalue weighted by molar-refractivity contribution is 0.121. The summed E-state index contributed by atoms with van der Waals surface area (Å²) >= 11 is 0. The van der Waals surface area contributed by atoms with E-state index < -0.39 is 0 Å². The van der Waals surface area contributed by atoms with E-state index in [2.05, 4.69) is 17.0 Å². The molecule has 1 amide bonds. The van der Waals surface area contributed by atoms with Gasteiger partial charge >= 0.3 is 6.09 Å². The van der Waals surface area contributed by atoms with E-state index in [9.17, 15) is 4.79 Å². The molecule has 0 saturated carbocycles. The summed E-state index contributed by atoms with van der Waals surface area (Å²) in [7, 11) is 1.42. The van der Waals surface area contributed by atoms with Gasteiger partial charge in [0.2, 0.25) is 0 Å². The van der Waals surface area contributed by atoms with Gasteiger partial charge < -0.3 is 19.7 Å². The Labute approximate surface area is 97.1 Å². The first kappa shape index (κ1) is 13.3. The predicted octanol–water partition coefficient (Wildman–Crippen LogP) is 0.842. The van der Waals surface area contributed by atoms with E-state index in [4.69, 9.17) is 4.74 Å². The highest BCUT2D eigenvalue weighted by molar-refractivity contribution is 5.67. The van der Waals surface area contributed by atoms with Crippen molar-refractivity contribution in [1.29, 1.82) is 0 Å². The van der Waals surface area contributed by atoms with Crippen molar-refractivity contribution in [2.75, 3.05) is 33.4 Å². The predicted molar refractivity (Wildman–Crippen MR) is 61.5 cm³/mol. The molecule has 94 valence electrons. The van der Waals surface area contributed by atoms with Crippen molar-refractivity contribution in [3.8, 4) is 0 Å². The number of methoxy groups -OCH3 is 1. The van der Waals surface area contributed by atoms with Crippen LogP contribution in [0.5, 0.6) is 0 Å². The van der Waals surface area contributed by atoms with Crippen LogP contribution in [-0.2, 0) is 9.47 Å².